The molecule has 206 valence electrons. The van der Waals surface area contributed by atoms with E-state index in [1.54, 1.807) is 0 Å². The van der Waals surface area contributed by atoms with E-state index in [4.69, 9.17) is 8.83 Å². The van der Waals surface area contributed by atoms with Crippen LogP contribution in [0.5, 0.6) is 0 Å². The molecule has 3 unspecified atom stereocenters. The number of hydrogen-bond donors (Lipinski definition) is 0. The summed E-state index contributed by atoms with van der Waals surface area (Å²) in [5, 5.41) is 1.80. The van der Waals surface area contributed by atoms with Gasteiger partial charge in [-0.25, -0.2) is 4.79 Å². The van der Waals surface area contributed by atoms with E-state index < -0.39 is 5.63 Å². The number of rotatable bonds is 3. The number of nitrogens with zero attached hydrogens (tertiary/aromatic N) is 2. The second-order valence-corrected chi connectivity index (χ2v) is 12.0. The summed E-state index contributed by atoms with van der Waals surface area (Å²) in [5.41, 5.74) is 4.83. The van der Waals surface area contributed by atoms with Crippen LogP contribution in [0.2, 0.25) is 0 Å². The van der Waals surface area contributed by atoms with Crippen molar-refractivity contribution in [2.45, 2.75) is 58.9 Å². The van der Waals surface area contributed by atoms with Gasteiger partial charge in [-0.2, -0.15) is 0 Å². The largest absolute Gasteiger partial charge is 0.460 e. The molecule has 0 spiro atoms. The molecule has 2 aromatic carbocycles. The van der Waals surface area contributed by atoms with E-state index in [1.807, 2.05) is 49.9 Å². The summed E-state index contributed by atoms with van der Waals surface area (Å²) in [7, 11) is 0. The molecule has 3 aliphatic rings. The van der Waals surface area contributed by atoms with Gasteiger partial charge >= 0.3 is 5.63 Å². The monoisotopic (exact) mass is 538 g/mol. The van der Waals surface area contributed by atoms with Crippen molar-refractivity contribution in [3.05, 3.63) is 69.3 Å². The predicted molar refractivity (Wildman–Crippen MR) is 153 cm³/mol. The Morgan fingerprint density at radius 1 is 0.950 bits per heavy atom. The van der Waals surface area contributed by atoms with E-state index in [2.05, 4.69) is 17.0 Å². The SMILES string of the molecule is Cc1oc2c(C)c3oc(=O)c(CC(=O)N4CC5CC(C4)C4CCCC(=O)N4C5)c(C)c3cc2c1-c1ccccc1. The highest BCUT2D eigenvalue weighted by molar-refractivity contribution is 6.06. The molecule has 0 radical (unpaired) electrons. The normalized spacial score (nSPS) is 22.7. The third kappa shape index (κ3) is 3.89. The lowest BCUT2D eigenvalue weighted by molar-refractivity contribution is -0.148. The lowest BCUT2D eigenvalue weighted by atomic mass is 9.76. The molecule has 3 aliphatic heterocycles. The number of aryl methyl sites for hydroxylation is 3. The smallest absolute Gasteiger partial charge is 0.340 e. The first-order valence-corrected chi connectivity index (χ1v) is 14.4. The molecule has 5 heterocycles. The van der Waals surface area contributed by atoms with E-state index in [-0.39, 0.29) is 24.3 Å². The molecular formula is C33H34N2O5. The number of hydrogen-bond acceptors (Lipinski definition) is 5. The average Bonchev–Trinajstić information content (AvgIpc) is 3.28. The number of carbonyl (C=O) groups excluding carboxylic acids is 2. The highest BCUT2D eigenvalue weighted by Gasteiger charge is 2.44. The molecular weight excluding hydrogens is 504 g/mol. The van der Waals surface area contributed by atoms with Gasteiger partial charge in [0.15, 0.2) is 0 Å². The van der Waals surface area contributed by atoms with Crippen LogP contribution in [-0.2, 0) is 16.0 Å². The summed E-state index contributed by atoms with van der Waals surface area (Å²) >= 11 is 0. The predicted octanol–water partition coefficient (Wildman–Crippen LogP) is 5.53. The summed E-state index contributed by atoms with van der Waals surface area (Å²) < 4.78 is 12.1. The van der Waals surface area contributed by atoms with Crippen LogP contribution in [0.15, 0.2) is 50.0 Å². The van der Waals surface area contributed by atoms with Crippen LogP contribution in [0.1, 0.15) is 48.1 Å². The Hall–Kier alpha value is -3.87. The second kappa shape index (κ2) is 9.36. The summed E-state index contributed by atoms with van der Waals surface area (Å²) in [4.78, 5) is 43.4. The minimum absolute atomic E-state index is 0.0178. The summed E-state index contributed by atoms with van der Waals surface area (Å²) in [5.74, 6) is 1.65. The number of piperidine rings is 3. The van der Waals surface area contributed by atoms with Gasteiger partial charge in [-0.15, -0.1) is 0 Å². The number of amides is 2. The fourth-order valence-corrected chi connectivity index (χ4v) is 7.62. The van der Waals surface area contributed by atoms with Crippen LogP contribution in [0, 0.1) is 32.6 Å². The molecule has 7 nitrogen and oxygen atoms in total. The molecule has 3 fully saturated rings. The zero-order valence-corrected chi connectivity index (χ0v) is 23.3. The van der Waals surface area contributed by atoms with Crippen molar-refractivity contribution in [2.75, 3.05) is 19.6 Å². The van der Waals surface area contributed by atoms with E-state index >= 15 is 0 Å². The van der Waals surface area contributed by atoms with Crippen LogP contribution >= 0.6 is 0 Å². The molecule has 0 N–H and O–H groups in total. The fourth-order valence-electron chi connectivity index (χ4n) is 7.62. The lowest BCUT2D eigenvalue weighted by Gasteiger charge is -2.52. The molecule has 2 aromatic heterocycles. The Balaban J connectivity index is 1.23. The number of carbonyl (C=O) groups is 2. The van der Waals surface area contributed by atoms with Gasteiger partial charge in [-0.05, 0) is 69.1 Å². The first-order chi connectivity index (χ1) is 19.3. The molecule has 7 rings (SSSR count). The molecule has 0 aliphatic carbocycles. The van der Waals surface area contributed by atoms with Gasteiger partial charge in [-0.3, -0.25) is 9.59 Å². The summed E-state index contributed by atoms with van der Waals surface area (Å²) in [6, 6.07) is 12.4. The van der Waals surface area contributed by atoms with E-state index in [0.29, 0.717) is 48.1 Å². The zero-order chi connectivity index (χ0) is 27.7. The number of fused-ring (bicyclic) bond motifs is 6. The highest BCUT2D eigenvalue weighted by Crippen LogP contribution is 2.40. The van der Waals surface area contributed by atoms with E-state index in [9.17, 15) is 14.4 Å². The Kier molecular flexibility index (Phi) is 5.88. The minimum atomic E-state index is -0.464. The van der Waals surface area contributed by atoms with Crippen molar-refractivity contribution in [1.29, 1.82) is 0 Å². The molecule has 3 saturated heterocycles. The zero-order valence-electron chi connectivity index (χ0n) is 23.3. The van der Waals surface area contributed by atoms with E-state index in [1.165, 1.54) is 0 Å². The minimum Gasteiger partial charge on any atom is -0.460 e. The van der Waals surface area contributed by atoms with Crippen LogP contribution in [0.3, 0.4) is 0 Å². The van der Waals surface area contributed by atoms with Crippen LogP contribution < -0.4 is 5.63 Å². The molecule has 0 saturated carbocycles. The molecule has 2 amide bonds. The Bertz CT molecular complexity index is 1730. The Labute approximate surface area is 232 Å². The summed E-state index contributed by atoms with van der Waals surface area (Å²) in [6.45, 7) is 7.81. The maximum atomic E-state index is 13.6. The maximum absolute atomic E-state index is 13.6. The Morgan fingerprint density at radius 2 is 1.73 bits per heavy atom. The first-order valence-electron chi connectivity index (χ1n) is 14.4. The molecule has 7 heteroatoms. The van der Waals surface area contributed by atoms with Crippen molar-refractivity contribution in [2.24, 2.45) is 11.8 Å². The maximum Gasteiger partial charge on any atom is 0.340 e. The van der Waals surface area contributed by atoms with Crippen molar-refractivity contribution < 1.29 is 18.4 Å². The van der Waals surface area contributed by atoms with Crippen molar-refractivity contribution in [3.8, 4) is 11.1 Å². The van der Waals surface area contributed by atoms with E-state index in [0.717, 1.165) is 64.6 Å². The van der Waals surface area contributed by atoms with Crippen LogP contribution in [0.25, 0.3) is 33.1 Å². The van der Waals surface area contributed by atoms with Gasteiger partial charge in [-0.1, -0.05) is 30.3 Å². The highest BCUT2D eigenvalue weighted by atomic mass is 16.4. The lowest BCUT2D eigenvalue weighted by Crippen LogP contribution is -2.61. The molecule has 2 bridgehead atoms. The van der Waals surface area contributed by atoms with Crippen molar-refractivity contribution in [3.63, 3.8) is 0 Å². The van der Waals surface area contributed by atoms with Gasteiger partial charge in [0.2, 0.25) is 11.8 Å². The Morgan fingerprint density at radius 3 is 2.52 bits per heavy atom. The third-order valence-corrected chi connectivity index (χ3v) is 9.56. The molecule has 4 aromatic rings. The quantitative estimate of drug-likeness (QED) is 0.320. The topological polar surface area (TPSA) is 84.0 Å². The number of likely N-dealkylation sites (tertiary alicyclic amines) is 1. The van der Waals surface area contributed by atoms with Gasteiger partial charge in [0.1, 0.15) is 16.9 Å². The van der Waals surface area contributed by atoms with Crippen molar-refractivity contribution >= 4 is 33.8 Å². The number of benzene rings is 2. The van der Waals surface area contributed by atoms with Gasteiger partial charge in [0.25, 0.3) is 0 Å². The molecule has 3 atom stereocenters. The van der Waals surface area contributed by atoms with Gasteiger partial charge in [0, 0.05) is 54.0 Å². The third-order valence-electron chi connectivity index (χ3n) is 9.56. The average molecular weight is 539 g/mol. The standard InChI is InChI=1S/C33H34N2O5/c1-18-24-13-26-30(22-8-5-4-6-9-22)20(3)39-32(26)19(2)31(24)40-33(38)25(18)14-29(37)34-15-21-12-23(17-34)27-10-7-11-28(36)35(27)16-21/h4-6,8-9,13,21,23,27H,7,10-12,14-17H2,1-3H3. The second-order valence-electron chi connectivity index (χ2n) is 12.0. The van der Waals surface area contributed by atoms with Gasteiger partial charge < -0.3 is 18.6 Å². The van der Waals surface area contributed by atoms with Crippen molar-refractivity contribution in [1.82, 2.24) is 9.80 Å². The molecule has 40 heavy (non-hydrogen) atoms. The summed E-state index contributed by atoms with van der Waals surface area (Å²) in [6.07, 6.45) is 3.68. The first kappa shape index (κ1) is 25.1. The van der Waals surface area contributed by atoms with Gasteiger partial charge in [0.05, 0.1) is 12.0 Å². The van der Waals surface area contributed by atoms with Crippen LogP contribution in [0.4, 0.5) is 0 Å². The number of furan rings is 1. The van der Waals surface area contributed by atoms with Crippen LogP contribution in [-0.4, -0.2) is 47.3 Å². The fraction of sp³-hybridized carbons (Fsp3) is 0.424.